The maximum atomic E-state index is 12.7. The first-order valence-electron chi connectivity index (χ1n) is 7.50. The van der Waals surface area contributed by atoms with Crippen molar-refractivity contribution in [2.75, 3.05) is 19.7 Å². The van der Waals surface area contributed by atoms with Crippen LogP contribution in [0.3, 0.4) is 0 Å². The van der Waals surface area contributed by atoms with Gasteiger partial charge in [0.25, 0.3) is 0 Å². The Bertz CT molecular complexity index is 553. The van der Waals surface area contributed by atoms with Crippen molar-refractivity contribution in [2.24, 2.45) is 17.6 Å². The molecule has 2 heterocycles. The van der Waals surface area contributed by atoms with Crippen LogP contribution in [0.5, 0.6) is 5.75 Å². The number of likely N-dealkylation sites (tertiary alicyclic amines) is 1. The molecule has 0 aliphatic carbocycles. The van der Waals surface area contributed by atoms with E-state index in [-0.39, 0.29) is 30.3 Å². The standard InChI is InChI=1S/C16H21ClN2O2.ClH/c1-10-4-11(7-18)8-19(10)16(20)13-5-12-6-14(17)2-3-15(12)21-9-13;/h2-3,6,10-11,13H,4-5,7-9,18H2,1H3;1H. The molecule has 0 radical (unpaired) electrons. The zero-order valence-corrected chi connectivity index (χ0v) is 14.2. The van der Waals surface area contributed by atoms with Crippen LogP contribution in [0.15, 0.2) is 18.2 Å². The van der Waals surface area contributed by atoms with Gasteiger partial charge in [0.05, 0.1) is 5.92 Å². The van der Waals surface area contributed by atoms with Gasteiger partial charge in [-0.05, 0) is 56.0 Å². The molecule has 1 saturated heterocycles. The molecule has 1 aromatic carbocycles. The lowest BCUT2D eigenvalue weighted by Crippen LogP contribution is -2.42. The highest BCUT2D eigenvalue weighted by Gasteiger charge is 2.36. The summed E-state index contributed by atoms with van der Waals surface area (Å²) in [6, 6.07) is 5.86. The highest BCUT2D eigenvalue weighted by Crippen LogP contribution is 2.32. The molecule has 22 heavy (non-hydrogen) atoms. The maximum Gasteiger partial charge on any atom is 0.229 e. The fourth-order valence-electron chi connectivity index (χ4n) is 3.38. The van der Waals surface area contributed by atoms with E-state index >= 15 is 0 Å². The number of fused-ring (bicyclic) bond motifs is 1. The van der Waals surface area contributed by atoms with Gasteiger partial charge in [-0.1, -0.05) is 11.6 Å². The van der Waals surface area contributed by atoms with E-state index in [1.807, 2.05) is 23.1 Å². The lowest BCUT2D eigenvalue weighted by atomic mass is 9.95. The van der Waals surface area contributed by atoms with Gasteiger partial charge in [0.15, 0.2) is 0 Å². The molecule has 3 unspecified atom stereocenters. The van der Waals surface area contributed by atoms with Crippen molar-refractivity contribution < 1.29 is 9.53 Å². The molecule has 4 nitrogen and oxygen atoms in total. The first-order valence-corrected chi connectivity index (χ1v) is 7.88. The highest BCUT2D eigenvalue weighted by molar-refractivity contribution is 6.30. The average molecular weight is 345 g/mol. The molecule has 1 amide bonds. The van der Waals surface area contributed by atoms with E-state index < -0.39 is 0 Å². The van der Waals surface area contributed by atoms with Crippen molar-refractivity contribution in [1.82, 2.24) is 4.90 Å². The molecule has 0 aromatic heterocycles. The lowest BCUT2D eigenvalue weighted by molar-refractivity contribution is -0.137. The molecule has 0 saturated carbocycles. The Morgan fingerprint density at radius 1 is 1.50 bits per heavy atom. The second-order valence-corrected chi connectivity index (χ2v) is 6.58. The number of hydrogen-bond donors (Lipinski definition) is 1. The molecule has 2 aliphatic heterocycles. The maximum absolute atomic E-state index is 12.7. The Kier molecular flexibility index (Phi) is 5.59. The van der Waals surface area contributed by atoms with Crippen molar-refractivity contribution in [2.45, 2.75) is 25.8 Å². The minimum Gasteiger partial charge on any atom is -0.492 e. The molecule has 3 rings (SSSR count). The second-order valence-electron chi connectivity index (χ2n) is 6.14. The Balaban J connectivity index is 0.00000176. The average Bonchev–Trinajstić information content (AvgIpc) is 2.87. The van der Waals surface area contributed by atoms with Gasteiger partial charge in [-0.25, -0.2) is 0 Å². The fourth-order valence-corrected chi connectivity index (χ4v) is 3.57. The van der Waals surface area contributed by atoms with Gasteiger partial charge in [0.2, 0.25) is 5.91 Å². The SMILES string of the molecule is CC1CC(CN)CN1C(=O)C1COc2ccc(Cl)cc2C1.Cl. The first kappa shape index (κ1) is 17.4. The third kappa shape index (κ3) is 3.34. The lowest BCUT2D eigenvalue weighted by Gasteiger charge is -2.30. The van der Waals surface area contributed by atoms with Crippen molar-refractivity contribution in [3.8, 4) is 5.75 Å². The number of benzene rings is 1. The fraction of sp³-hybridized carbons (Fsp3) is 0.562. The van der Waals surface area contributed by atoms with Crippen LogP contribution in [0.2, 0.25) is 5.02 Å². The number of nitrogens with zero attached hydrogens (tertiary/aromatic N) is 1. The van der Waals surface area contributed by atoms with Crippen LogP contribution < -0.4 is 10.5 Å². The topological polar surface area (TPSA) is 55.6 Å². The molecule has 0 spiro atoms. The molecule has 1 fully saturated rings. The van der Waals surface area contributed by atoms with E-state index in [1.54, 1.807) is 0 Å². The number of rotatable bonds is 2. The van der Waals surface area contributed by atoms with Crippen LogP contribution in [0.4, 0.5) is 0 Å². The van der Waals surface area contributed by atoms with E-state index in [9.17, 15) is 4.79 Å². The summed E-state index contributed by atoms with van der Waals surface area (Å²) in [7, 11) is 0. The Hall–Kier alpha value is -0.970. The summed E-state index contributed by atoms with van der Waals surface area (Å²) >= 11 is 6.03. The summed E-state index contributed by atoms with van der Waals surface area (Å²) in [5.41, 5.74) is 6.76. The number of amides is 1. The zero-order chi connectivity index (χ0) is 15.0. The van der Waals surface area contributed by atoms with Crippen LogP contribution >= 0.6 is 24.0 Å². The van der Waals surface area contributed by atoms with Gasteiger partial charge in [0, 0.05) is 17.6 Å². The normalized spacial score (nSPS) is 26.9. The van der Waals surface area contributed by atoms with Crippen molar-refractivity contribution in [3.63, 3.8) is 0 Å². The van der Waals surface area contributed by atoms with E-state index in [0.717, 1.165) is 24.3 Å². The third-order valence-corrected chi connectivity index (χ3v) is 4.79. The summed E-state index contributed by atoms with van der Waals surface area (Å²) in [6.07, 6.45) is 1.70. The predicted molar refractivity (Wildman–Crippen MR) is 89.7 cm³/mol. The number of carbonyl (C=O) groups is 1. The van der Waals surface area contributed by atoms with Crippen molar-refractivity contribution in [1.29, 1.82) is 0 Å². The molecule has 1 aromatic rings. The number of nitrogens with two attached hydrogens (primary N) is 1. The third-order valence-electron chi connectivity index (χ3n) is 4.56. The monoisotopic (exact) mass is 344 g/mol. The summed E-state index contributed by atoms with van der Waals surface area (Å²) in [4.78, 5) is 14.7. The van der Waals surface area contributed by atoms with Crippen LogP contribution in [-0.4, -0.2) is 36.5 Å². The summed E-state index contributed by atoms with van der Waals surface area (Å²) in [5, 5.41) is 0.684. The van der Waals surface area contributed by atoms with Crippen LogP contribution in [0.25, 0.3) is 0 Å². The number of ether oxygens (including phenoxy) is 1. The minimum atomic E-state index is -0.116. The van der Waals surface area contributed by atoms with Gasteiger partial charge in [0.1, 0.15) is 12.4 Å². The smallest absolute Gasteiger partial charge is 0.229 e. The molecular weight excluding hydrogens is 323 g/mol. The molecule has 3 atom stereocenters. The van der Waals surface area contributed by atoms with Crippen LogP contribution in [0.1, 0.15) is 18.9 Å². The largest absolute Gasteiger partial charge is 0.492 e. The van der Waals surface area contributed by atoms with E-state index in [2.05, 4.69) is 6.92 Å². The van der Waals surface area contributed by atoms with E-state index in [0.29, 0.717) is 30.5 Å². The molecule has 6 heteroatoms. The summed E-state index contributed by atoms with van der Waals surface area (Å²) in [6.45, 7) is 3.97. The van der Waals surface area contributed by atoms with Gasteiger partial charge < -0.3 is 15.4 Å². The van der Waals surface area contributed by atoms with Gasteiger partial charge in [-0.3, -0.25) is 4.79 Å². The molecule has 0 bridgehead atoms. The number of carbonyl (C=O) groups excluding carboxylic acids is 1. The summed E-state index contributed by atoms with van der Waals surface area (Å²) < 4.78 is 5.73. The molecule has 122 valence electrons. The van der Waals surface area contributed by atoms with Crippen molar-refractivity contribution in [3.05, 3.63) is 28.8 Å². The Labute approximate surface area is 142 Å². The van der Waals surface area contributed by atoms with Gasteiger partial charge in [-0.15, -0.1) is 12.4 Å². The van der Waals surface area contributed by atoms with Gasteiger partial charge >= 0.3 is 0 Å². The zero-order valence-electron chi connectivity index (χ0n) is 12.6. The second kappa shape index (κ2) is 7.07. The quantitative estimate of drug-likeness (QED) is 0.896. The minimum absolute atomic E-state index is 0. The van der Waals surface area contributed by atoms with E-state index in [1.165, 1.54) is 0 Å². The molecule has 2 aliphatic rings. The Morgan fingerprint density at radius 3 is 2.95 bits per heavy atom. The van der Waals surface area contributed by atoms with Crippen molar-refractivity contribution >= 4 is 29.9 Å². The van der Waals surface area contributed by atoms with Gasteiger partial charge in [-0.2, -0.15) is 0 Å². The predicted octanol–water partition coefficient (Wildman–Crippen LogP) is 2.51. The Morgan fingerprint density at radius 2 is 2.27 bits per heavy atom. The van der Waals surface area contributed by atoms with Crippen LogP contribution in [-0.2, 0) is 11.2 Å². The molecular formula is C16H22Cl2N2O2. The van der Waals surface area contributed by atoms with Crippen LogP contribution in [0, 0.1) is 11.8 Å². The van der Waals surface area contributed by atoms with E-state index in [4.69, 9.17) is 22.1 Å². The number of hydrogen-bond acceptors (Lipinski definition) is 3. The first-order chi connectivity index (χ1) is 10.1. The molecule has 2 N–H and O–H groups in total. The number of halogens is 2. The summed E-state index contributed by atoms with van der Waals surface area (Å²) in [5.74, 6) is 1.34. The highest BCUT2D eigenvalue weighted by atomic mass is 35.5.